The first-order chi connectivity index (χ1) is 12.6. The average Bonchev–Trinajstić information content (AvgIpc) is 2.60. The summed E-state index contributed by atoms with van der Waals surface area (Å²) >= 11 is 0. The van der Waals surface area contributed by atoms with Gasteiger partial charge in [-0.1, -0.05) is 29.8 Å². The number of nitrogens with two attached hydrogens (primary N) is 1. The molecule has 7 nitrogen and oxygen atoms in total. The number of nitrogens with one attached hydrogen (secondary N) is 1. The molecule has 3 N–H and O–H groups in total. The van der Waals surface area contributed by atoms with Crippen LogP contribution in [-0.4, -0.2) is 20.6 Å². The van der Waals surface area contributed by atoms with Gasteiger partial charge >= 0.3 is 16.3 Å². The van der Waals surface area contributed by atoms with Crippen LogP contribution in [0.5, 0.6) is 0 Å². The van der Waals surface area contributed by atoms with Gasteiger partial charge in [0.2, 0.25) is 5.96 Å². The number of alkyl halides is 3. The molecule has 0 amide bonds. The highest BCUT2D eigenvalue weighted by Crippen LogP contribution is 2.28. The Morgan fingerprint density at radius 2 is 1.70 bits per heavy atom. The van der Waals surface area contributed by atoms with Crippen molar-refractivity contribution in [3.05, 3.63) is 65.2 Å². The number of benzene rings is 2. The SMILES string of the molecule is Cc1ccc(S(=O)(=O)ONC(N)=NN=Cc2ccc(C(F)(F)F)cc2)cc1. The molecule has 0 spiro atoms. The van der Waals surface area contributed by atoms with Gasteiger partial charge in [-0.15, -0.1) is 9.39 Å². The Morgan fingerprint density at radius 3 is 2.26 bits per heavy atom. The van der Waals surface area contributed by atoms with Crippen molar-refractivity contribution in [2.45, 2.75) is 18.0 Å². The van der Waals surface area contributed by atoms with Gasteiger partial charge < -0.3 is 5.73 Å². The van der Waals surface area contributed by atoms with Crippen LogP contribution in [0.1, 0.15) is 16.7 Å². The largest absolute Gasteiger partial charge is 0.416 e. The Bertz CT molecular complexity index is 938. The standard InChI is InChI=1S/C16H15F3N4O3S/c1-11-2-8-14(9-3-11)27(24,25)26-23-15(20)22-21-10-12-4-6-13(7-5-12)16(17,18)19/h2-10H,1H3,(H3,20,22,23). The Balaban J connectivity index is 1.95. The third-order valence-electron chi connectivity index (χ3n) is 3.18. The molecule has 0 aromatic heterocycles. The molecule has 27 heavy (non-hydrogen) atoms. The number of hydrogen-bond donors (Lipinski definition) is 2. The Morgan fingerprint density at radius 1 is 1.11 bits per heavy atom. The van der Waals surface area contributed by atoms with E-state index < -0.39 is 27.8 Å². The average molecular weight is 400 g/mol. The second-order valence-corrected chi connectivity index (χ2v) is 6.85. The van der Waals surface area contributed by atoms with Crippen molar-refractivity contribution in [2.75, 3.05) is 0 Å². The number of hydroxylamine groups is 1. The van der Waals surface area contributed by atoms with E-state index in [1.54, 1.807) is 19.1 Å². The molecule has 0 radical (unpaired) electrons. The monoisotopic (exact) mass is 400 g/mol. The van der Waals surface area contributed by atoms with Crippen LogP contribution in [0.15, 0.2) is 63.6 Å². The van der Waals surface area contributed by atoms with Crippen LogP contribution in [0.4, 0.5) is 13.2 Å². The van der Waals surface area contributed by atoms with E-state index in [1.165, 1.54) is 24.3 Å². The topological polar surface area (TPSA) is 106 Å². The van der Waals surface area contributed by atoms with Gasteiger partial charge in [0.05, 0.1) is 16.7 Å². The van der Waals surface area contributed by atoms with Crippen LogP contribution in [0, 0.1) is 6.92 Å². The van der Waals surface area contributed by atoms with Crippen LogP contribution >= 0.6 is 0 Å². The lowest BCUT2D eigenvalue weighted by molar-refractivity contribution is -0.137. The van der Waals surface area contributed by atoms with Gasteiger partial charge in [0, 0.05) is 0 Å². The summed E-state index contributed by atoms with van der Waals surface area (Å²) in [6, 6.07) is 10.1. The first-order valence-electron chi connectivity index (χ1n) is 7.38. The van der Waals surface area contributed by atoms with Crippen molar-refractivity contribution in [1.82, 2.24) is 5.48 Å². The summed E-state index contributed by atoms with van der Waals surface area (Å²) in [5.74, 6) is -0.464. The summed E-state index contributed by atoms with van der Waals surface area (Å²) in [4.78, 5) is -0.0818. The second kappa shape index (κ2) is 8.18. The second-order valence-electron chi connectivity index (χ2n) is 5.30. The van der Waals surface area contributed by atoms with Crippen LogP contribution in [-0.2, 0) is 20.6 Å². The normalized spacial score (nSPS) is 13.1. The van der Waals surface area contributed by atoms with Crippen molar-refractivity contribution in [3.63, 3.8) is 0 Å². The maximum atomic E-state index is 12.5. The van der Waals surface area contributed by atoms with Crippen molar-refractivity contribution in [3.8, 4) is 0 Å². The molecule has 0 fully saturated rings. The number of aryl methyl sites for hydroxylation is 1. The zero-order valence-electron chi connectivity index (χ0n) is 13.9. The summed E-state index contributed by atoms with van der Waals surface area (Å²) in [6.45, 7) is 1.80. The molecule has 0 aliphatic rings. The first kappa shape index (κ1) is 20.4. The van der Waals surface area contributed by atoms with E-state index in [0.29, 0.717) is 5.56 Å². The quantitative estimate of drug-likeness (QED) is 0.456. The number of rotatable bonds is 5. The molecular weight excluding hydrogens is 385 g/mol. The van der Waals surface area contributed by atoms with Crippen molar-refractivity contribution >= 4 is 22.3 Å². The van der Waals surface area contributed by atoms with E-state index in [0.717, 1.165) is 23.9 Å². The molecule has 0 saturated carbocycles. The van der Waals surface area contributed by atoms with Gasteiger partial charge in [0.15, 0.2) is 0 Å². The molecular formula is C16H15F3N4O3S. The zero-order valence-corrected chi connectivity index (χ0v) is 14.8. The number of hydrogen-bond acceptors (Lipinski definition) is 5. The third-order valence-corrected chi connectivity index (χ3v) is 4.33. The van der Waals surface area contributed by atoms with Gasteiger partial charge in [-0.2, -0.15) is 26.7 Å². The lowest BCUT2D eigenvalue weighted by atomic mass is 10.1. The summed E-state index contributed by atoms with van der Waals surface area (Å²) < 4.78 is 65.8. The van der Waals surface area contributed by atoms with Crippen molar-refractivity contribution in [2.24, 2.45) is 15.9 Å². The van der Waals surface area contributed by atoms with Gasteiger partial charge in [-0.3, -0.25) is 0 Å². The van der Waals surface area contributed by atoms with Gasteiger partial charge in [-0.25, -0.2) is 5.48 Å². The Hall–Kier alpha value is -2.92. The Kier molecular flexibility index (Phi) is 6.18. The van der Waals surface area contributed by atoms with Gasteiger partial charge in [-0.05, 0) is 36.8 Å². The van der Waals surface area contributed by atoms with Crippen molar-refractivity contribution in [1.29, 1.82) is 0 Å². The maximum Gasteiger partial charge on any atom is 0.416 e. The summed E-state index contributed by atoms with van der Waals surface area (Å²) in [5.41, 5.74) is 7.77. The van der Waals surface area contributed by atoms with Crippen LogP contribution in [0.2, 0.25) is 0 Å². The molecule has 2 aromatic rings. The number of nitrogens with zero attached hydrogens (tertiary/aromatic N) is 2. The maximum absolute atomic E-state index is 12.5. The number of guanidine groups is 1. The molecule has 0 aliphatic heterocycles. The smallest absolute Gasteiger partial charge is 0.367 e. The minimum absolute atomic E-state index is 0.0818. The molecule has 0 bridgehead atoms. The number of halogens is 3. The minimum atomic E-state index is -4.43. The third kappa shape index (κ3) is 6.08. The van der Waals surface area contributed by atoms with E-state index in [-0.39, 0.29) is 4.90 Å². The first-order valence-corrected chi connectivity index (χ1v) is 8.79. The van der Waals surface area contributed by atoms with Crippen LogP contribution in [0.3, 0.4) is 0 Å². The van der Waals surface area contributed by atoms with E-state index in [1.807, 2.05) is 5.48 Å². The van der Waals surface area contributed by atoms with Crippen LogP contribution < -0.4 is 11.2 Å². The highest BCUT2D eigenvalue weighted by atomic mass is 32.2. The summed E-state index contributed by atoms with van der Waals surface area (Å²) in [7, 11) is -4.10. The molecule has 2 rings (SSSR count). The van der Waals surface area contributed by atoms with Crippen LogP contribution in [0.25, 0.3) is 0 Å². The van der Waals surface area contributed by atoms with E-state index in [4.69, 9.17) is 5.73 Å². The highest BCUT2D eigenvalue weighted by molar-refractivity contribution is 7.86. The fraction of sp³-hybridized carbons (Fsp3) is 0.125. The van der Waals surface area contributed by atoms with E-state index in [9.17, 15) is 21.6 Å². The fourth-order valence-electron chi connectivity index (χ4n) is 1.79. The van der Waals surface area contributed by atoms with Gasteiger partial charge in [0.25, 0.3) is 0 Å². The summed E-state index contributed by atoms with van der Waals surface area (Å²) in [5, 5.41) is 6.98. The Labute approximate surface area is 153 Å². The fourth-order valence-corrected chi connectivity index (χ4v) is 2.55. The summed E-state index contributed by atoms with van der Waals surface area (Å²) in [6.07, 6.45) is -3.29. The minimum Gasteiger partial charge on any atom is -0.367 e. The molecule has 0 atom stereocenters. The molecule has 144 valence electrons. The van der Waals surface area contributed by atoms with Crippen molar-refractivity contribution < 1.29 is 25.9 Å². The zero-order chi connectivity index (χ0) is 20.1. The molecule has 0 heterocycles. The predicted molar refractivity (Wildman–Crippen MR) is 93.2 cm³/mol. The predicted octanol–water partition coefficient (Wildman–Crippen LogP) is 2.57. The highest BCUT2D eigenvalue weighted by Gasteiger charge is 2.29. The van der Waals surface area contributed by atoms with E-state index >= 15 is 0 Å². The molecule has 0 aliphatic carbocycles. The lowest BCUT2D eigenvalue weighted by Gasteiger charge is -2.06. The molecule has 11 heteroatoms. The molecule has 2 aromatic carbocycles. The molecule has 0 unspecified atom stereocenters. The van der Waals surface area contributed by atoms with Gasteiger partial charge in [0.1, 0.15) is 0 Å². The molecule has 0 saturated heterocycles. The van der Waals surface area contributed by atoms with E-state index in [2.05, 4.69) is 14.5 Å². The lowest BCUT2D eigenvalue weighted by Crippen LogP contribution is -2.33.